The molecule has 14 heavy (non-hydrogen) atoms. The molecule has 0 aliphatic carbocycles. The van der Waals surface area contributed by atoms with Gasteiger partial charge in [-0.1, -0.05) is 19.6 Å². The molecule has 0 bridgehead atoms. The van der Waals surface area contributed by atoms with Crippen molar-refractivity contribution in [3.05, 3.63) is 29.8 Å². The van der Waals surface area contributed by atoms with E-state index < -0.39 is 0 Å². The van der Waals surface area contributed by atoms with Gasteiger partial charge in [0.05, 0.1) is 6.42 Å². The smallest absolute Gasteiger partial charge is 0.226 e. The molecule has 0 heterocycles. The van der Waals surface area contributed by atoms with Crippen LogP contribution in [0.1, 0.15) is 13.0 Å². The maximum atomic E-state index is 11.3. The number of carbonyl (C=O) groups excluding carboxylic acids is 1. The highest BCUT2D eigenvalue weighted by atomic mass is 16.3. The minimum absolute atomic E-state index is 0. The molecule has 0 saturated carbocycles. The summed E-state index contributed by atoms with van der Waals surface area (Å²) >= 11 is 0. The number of hydrogen-bond acceptors (Lipinski definition) is 2. The molecule has 0 aliphatic heterocycles. The van der Waals surface area contributed by atoms with Crippen LogP contribution in [0.2, 0.25) is 0 Å². The van der Waals surface area contributed by atoms with Gasteiger partial charge in [-0.05, 0) is 17.7 Å². The van der Waals surface area contributed by atoms with Gasteiger partial charge in [0.2, 0.25) is 5.91 Å². The van der Waals surface area contributed by atoms with Crippen LogP contribution in [0.25, 0.3) is 0 Å². The lowest BCUT2D eigenvalue weighted by Crippen LogP contribution is -2.23. The molecule has 1 amide bonds. The van der Waals surface area contributed by atoms with E-state index >= 15 is 0 Å². The lowest BCUT2D eigenvalue weighted by Gasteiger charge is -2.09. The Kier molecular flexibility index (Phi) is 4.70. The number of aromatic hydroxyl groups is 1. The summed E-state index contributed by atoms with van der Waals surface area (Å²) in [5.41, 5.74) is 0.913. The number of hydrogen-bond donors (Lipinski definition) is 1. The number of benzene rings is 1. The molecule has 1 rings (SSSR count). The van der Waals surface area contributed by atoms with E-state index in [9.17, 15) is 4.79 Å². The lowest BCUT2D eigenvalue weighted by molar-refractivity contribution is -0.127. The molecule has 0 radical (unpaired) electrons. The first-order chi connectivity index (χ1) is 6.09. The Hall–Kier alpha value is -1.51. The van der Waals surface area contributed by atoms with Crippen molar-refractivity contribution in [3.63, 3.8) is 0 Å². The summed E-state index contributed by atoms with van der Waals surface area (Å²) in [6.45, 7) is 0. The van der Waals surface area contributed by atoms with Gasteiger partial charge in [-0.2, -0.15) is 0 Å². The molecule has 1 aromatic carbocycles. The van der Waals surface area contributed by atoms with E-state index in [0.29, 0.717) is 6.42 Å². The number of nitrogens with zero attached hydrogens (tertiary/aromatic N) is 1. The predicted octanol–water partition coefficient (Wildman–Crippen LogP) is 1.66. The van der Waals surface area contributed by atoms with Gasteiger partial charge >= 0.3 is 0 Å². The first-order valence-electron chi connectivity index (χ1n) is 4.07. The standard InChI is InChI=1S/C10H13NO2.CH4/c1-11(2)10(13)7-8-3-5-9(12)6-4-8;/h3-6,12H,7H2,1-2H3;1H4. The van der Waals surface area contributed by atoms with Crippen LogP contribution in [-0.4, -0.2) is 30.0 Å². The summed E-state index contributed by atoms with van der Waals surface area (Å²) in [5.74, 6) is 0.284. The van der Waals surface area contributed by atoms with Crippen molar-refractivity contribution in [2.45, 2.75) is 13.8 Å². The number of amides is 1. The van der Waals surface area contributed by atoms with E-state index in [1.165, 1.54) is 0 Å². The Morgan fingerprint density at radius 2 is 1.79 bits per heavy atom. The molecular formula is C11H17NO2. The van der Waals surface area contributed by atoms with Crippen LogP contribution in [0.4, 0.5) is 0 Å². The zero-order valence-electron chi connectivity index (χ0n) is 7.82. The Labute approximate surface area is 85.0 Å². The largest absolute Gasteiger partial charge is 0.508 e. The van der Waals surface area contributed by atoms with Gasteiger partial charge in [-0.15, -0.1) is 0 Å². The summed E-state index contributed by atoms with van der Waals surface area (Å²) in [7, 11) is 3.45. The summed E-state index contributed by atoms with van der Waals surface area (Å²) in [6.07, 6.45) is 0.382. The molecule has 1 N–H and O–H groups in total. The summed E-state index contributed by atoms with van der Waals surface area (Å²) in [6, 6.07) is 6.66. The lowest BCUT2D eigenvalue weighted by atomic mass is 10.1. The monoisotopic (exact) mass is 195 g/mol. The number of rotatable bonds is 2. The van der Waals surface area contributed by atoms with E-state index in [4.69, 9.17) is 5.11 Å². The third kappa shape index (κ3) is 3.47. The van der Waals surface area contributed by atoms with Crippen molar-refractivity contribution in [3.8, 4) is 5.75 Å². The average Bonchev–Trinajstić information content (AvgIpc) is 2.08. The summed E-state index contributed by atoms with van der Waals surface area (Å²) < 4.78 is 0. The maximum Gasteiger partial charge on any atom is 0.226 e. The second kappa shape index (κ2) is 5.27. The molecular weight excluding hydrogens is 178 g/mol. The summed E-state index contributed by atoms with van der Waals surface area (Å²) in [4.78, 5) is 12.8. The van der Waals surface area contributed by atoms with Crippen LogP contribution in [0.3, 0.4) is 0 Å². The van der Waals surface area contributed by atoms with Crippen LogP contribution >= 0.6 is 0 Å². The van der Waals surface area contributed by atoms with Gasteiger partial charge in [-0.3, -0.25) is 4.79 Å². The van der Waals surface area contributed by atoms with Crippen molar-refractivity contribution in [2.75, 3.05) is 14.1 Å². The van der Waals surface area contributed by atoms with E-state index in [1.54, 1.807) is 43.3 Å². The molecule has 78 valence electrons. The topological polar surface area (TPSA) is 40.5 Å². The molecule has 0 unspecified atom stereocenters. The highest BCUT2D eigenvalue weighted by molar-refractivity contribution is 5.78. The van der Waals surface area contributed by atoms with Crippen molar-refractivity contribution < 1.29 is 9.90 Å². The zero-order chi connectivity index (χ0) is 9.84. The van der Waals surface area contributed by atoms with Crippen molar-refractivity contribution in [1.29, 1.82) is 0 Å². The minimum atomic E-state index is 0. The first kappa shape index (κ1) is 12.5. The quantitative estimate of drug-likeness (QED) is 0.779. The Morgan fingerprint density at radius 3 is 2.21 bits per heavy atom. The van der Waals surface area contributed by atoms with Crippen molar-refractivity contribution in [1.82, 2.24) is 4.90 Å². The van der Waals surface area contributed by atoms with Crippen LogP contribution in [0.5, 0.6) is 5.75 Å². The van der Waals surface area contributed by atoms with Crippen LogP contribution in [0, 0.1) is 0 Å². The van der Waals surface area contributed by atoms with Gasteiger partial charge in [0, 0.05) is 14.1 Å². The molecule has 1 aromatic rings. The molecule has 0 fully saturated rings. The maximum absolute atomic E-state index is 11.3. The number of phenols is 1. The van der Waals surface area contributed by atoms with Gasteiger partial charge in [0.25, 0.3) is 0 Å². The van der Waals surface area contributed by atoms with E-state index in [2.05, 4.69) is 0 Å². The summed E-state index contributed by atoms with van der Waals surface area (Å²) in [5, 5.41) is 9.00. The Balaban J connectivity index is 0.00000169. The van der Waals surface area contributed by atoms with Gasteiger partial charge in [-0.25, -0.2) is 0 Å². The molecule has 3 heteroatoms. The highest BCUT2D eigenvalue weighted by Gasteiger charge is 2.04. The highest BCUT2D eigenvalue weighted by Crippen LogP contribution is 2.10. The second-order valence-electron chi connectivity index (χ2n) is 3.13. The van der Waals surface area contributed by atoms with E-state index in [1.807, 2.05) is 0 Å². The number of phenolic OH excluding ortho intramolecular Hbond substituents is 1. The molecule has 0 aromatic heterocycles. The molecule has 0 saturated heterocycles. The average molecular weight is 195 g/mol. The minimum Gasteiger partial charge on any atom is -0.508 e. The van der Waals surface area contributed by atoms with Crippen molar-refractivity contribution >= 4 is 5.91 Å². The van der Waals surface area contributed by atoms with E-state index in [0.717, 1.165) is 5.56 Å². The third-order valence-electron chi connectivity index (χ3n) is 1.79. The van der Waals surface area contributed by atoms with Gasteiger partial charge in [0.1, 0.15) is 5.75 Å². The SMILES string of the molecule is C.CN(C)C(=O)Cc1ccc(O)cc1. The predicted molar refractivity (Wildman–Crippen MR) is 57.2 cm³/mol. The normalized spacial score (nSPS) is 9.00. The van der Waals surface area contributed by atoms with Crippen LogP contribution in [-0.2, 0) is 11.2 Å². The fourth-order valence-corrected chi connectivity index (χ4v) is 0.947. The van der Waals surface area contributed by atoms with Crippen LogP contribution in [0.15, 0.2) is 24.3 Å². The van der Waals surface area contributed by atoms with Gasteiger partial charge in [0.15, 0.2) is 0 Å². The fourth-order valence-electron chi connectivity index (χ4n) is 0.947. The second-order valence-corrected chi connectivity index (χ2v) is 3.13. The Bertz CT molecular complexity index is 291. The van der Waals surface area contributed by atoms with Crippen molar-refractivity contribution in [2.24, 2.45) is 0 Å². The zero-order valence-corrected chi connectivity index (χ0v) is 7.82. The number of carbonyl (C=O) groups is 1. The first-order valence-corrected chi connectivity index (χ1v) is 4.07. The fraction of sp³-hybridized carbons (Fsp3) is 0.364. The van der Waals surface area contributed by atoms with Gasteiger partial charge < -0.3 is 10.0 Å². The Morgan fingerprint density at radius 1 is 1.29 bits per heavy atom. The third-order valence-corrected chi connectivity index (χ3v) is 1.79. The molecule has 0 atom stereocenters. The van der Waals surface area contributed by atoms with Crippen LogP contribution < -0.4 is 0 Å². The van der Waals surface area contributed by atoms with E-state index in [-0.39, 0.29) is 19.1 Å². The number of likely N-dealkylation sites (N-methyl/N-ethyl adjacent to an activating group) is 1. The molecule has 0 spiro atoms. The molecule has 3 nitrogen and oxygen atoms in total. The molecule has 0 aliphatic rings.